The minimum atomic E-state index is -0.543. The van der Waals surface area contributed by atoms with Crippen molar-refractivity contribution < 1.29 is 9.53 Å². The minimum absolute atomic E-state index is 0. The van der Waals surface area contributed by atoms with Crippen molar-refractivity contribution in [2.45, 2.75) is 25.8 Å². The summed E-state index contributed by atoms with van der Waals surface area (Å²) in [7, 11) is 0. The lowest BCUT2D eigenvalue weighted by Gasteiger charge is -2.10. The van der Waals surface area contributed by atoms with E-state index in [0.29, 0.717) is 13.0 Å². The number of benzene rings is 2. The Balaban J connectivity index is 0.00000242. The first-order chi connectivity index (χ1) is 10.2. The minimum Gasteiger partial charge on any atom is -0.465 e. The van der Waals surface area contributed by atoms with Crippen LogP contribution >= 0.6 is 12.4 Å². The van der Waals surface area contributed by atoms with Crippen molar-refractivity contribution in [2.24, 2.45) is 5.73 Å². The van der Waals surface area contributed by atoms with E-state index in [-0.39, 0.29) is 18.4 Å². The highest BCUT2D eigenvalue weighted by Crippen LogP contribution is 2.19. The second-order valence-corrected chi connectivity index (χ2v) is 4.96. The lowest BCUT2D eigenvalue weighted by Crippen LogP contribution is -2.32. The van der Waals surface area contributed by atoms with Gasteiger partial charge in [0.25, 0.3) is 0 Å². The molecule has 0 heterocycles. The summed E-state index contributed by atoms with van der Waals surface area (Å²) in [5.74, 6) is -0.321. The zero-order valence-electron chi connectivity index (χ0n) is 12.7. The molecule has 1 atom stereocenters. The number of esters is 1. The van der Waals surface area contributed by atoms with Gasteiger partial charge in [-0.25, -0.2) is 0 Å². The molecule has 0 saturated heterocycles. The highest BCUT2D eigenvalue weighted by atomic mass is 35.5. The molecular weight excluding hydrogens is 298 g/mol. The molecule has 0 radical (unpaired) electrons. The lowest BCUT2D eigenvalue weighted by atomic mass is 10.0. The molecule has 0 aliphatic heterocycles. The normalized spacial score (nSPS) is 11.4. The van der Waals surface area contributed by atoms with Gasteiger partial charge in [-0.2, -0.15) is 0 Å². The molecule has 0 spiro atoms. The number of hydrogen-bond acceptors (Lipinski definition) is 3. The van der Waals surface area contributed by atoms with Crippen LogP contribution in [0.25, 0.3) is 11.1 Å². The van der Waals surface area contributed by atoms with E-state index in [1.807, 2.05) is 18.2 Å². The Bertz CT molecular complexity index is 569. The topological polar surface area (TPSA) is 52.3 Å². The van der Waals surface area contributed by atoms with Crippen LogP contribution < -0.4 is 5.73 Å². The molecule has 0 bridgehead atoms. The highest BCUT2D eigenvalue weighted by molar-refractivity contribution is 5.85. The first-order valence-corrected chi connectivity index (χ1v) is 7.27. The summed E-state index contributed by atoms with van der Waals surface area (Å²) in [5.41, 5.74) is 9.36. The van der Waals surface area contributed by atoms with Crippen LogP contribution in [0, 0.1) is 0 Å². The second-order valence-electron chi connectivity index (χ2n) is 4.96. The van der Waals surface area contributed by atoms with Gasteiger partial charge in [-0.1, -0.05) is 54.6 Å². The number of nitrogens with two attached hydrogens (primary N) is 1. The van der Waals surface area contributed by atoms with E-state index in [0.717, 1.165) is 6.42 Å². The summed E-state index contributed by atoms with van der Waals surface area (Å²) < 4.78 is 4.91. The van der Waals surface area contributed by atoms with E-state index >= 15 is 0 Å². The van der Waals surface area contributed by atoms with E-state index in [1.54, 1.807) is 6.92 Å². The van der Waals surface area contributed by atoms with E-state index in [4.69, 9.17) is 10.5 Å². The van der Waals surface area contributed by atoms with Gasteiger partial charge in [0.15, 0.2) is 0 Å². The molecule has 22 heavy (non-hydrogen) atoms. The Labute approximate surface area is 137 Å². The Hall–Kier alpha value is -1.84. The van der Waals surface area contributed by atoms with Crippen molar-refractivity contribution in [1.82, 2.24) is 0 Å². The average molecular weight is 320 g/mol. The molecule has 2 aromatic carbocycles. The molecule has 0 aromatic heterocycles. The molecule has 0 aliphatic rings. The molecule has 2 rings (SSSR count). The Kier molecular flexibility index (Phi) is 7.64. The zero-order chi connectivity index (χ0) is 15.1. The van der Waals surface area contributed by atoms with Crippen LogP contribution in [0.15, 0.2) is 54.6 Å². The number of halogens is 1. The number of hydrogen-bond donors (Lipinski definition) is 1. The highest BCUT2D eigenvalue weighted by Gasteiger charge is 2.13. The maximum atomic E-state index is 11.5. The molecule has 2 N–H and O–H groups in total. The van der Waals surface area contributed by atoms with E-state index in [1.165, 1.54) is 16.7 Å². The van der Waals surface area contributed by atoms with Crippen LogP contribution in [0.3, 0.4) is 0 Å². The van der Waals surface area contributed by atoms with Crippen LogP contribution in [0.1, 0.15) is 18.9 Å². The fourth-order valence-corrected chi connectivity index (χ4v) is 2.18. The maximum absolute atomic E-state index is 11.5. The fraction of sp³-hybridized carbons (Fsp3) is 0.278. The summed E-state index contributed by atoms with van der Waals surface area (Å²) in [6.45, 7) is 2.16. The molecule has 0 aliphatic carbocycles. The van der Waals surface area contributed by atoms with Crippen molar-refractivity contribution in [2.75, 3.05) is 6.61 Å². The van der Waals surface area contributed by atoms with Gasteiger partial charge >= 0.3 is 5.97 Å². The third-order valence-electron chi connectivity index (χ3n) is 3.39. The molecule has 0 saturated carbocycles. The van der Waals surface area contributed by atoms with Gasteiger partial charge in [0.1, 0.15) is 6.04 Å². The average Bonchev–Trinajstić information content (AvgIpc) is 2.54. The molecular formula is C18H22ClNO2. The SMILES string of the molecule is CCOC(=O)C(N)CCc1ccc(-c2ccccc2)cc1.Cl. The van der Waals surface area contributed by atoms with E-state index in [9.17, 15) is 4.79 Å². The number of carbonyl (C=O) groups excluding carboxylic acids is 1. The Morgan fingerprint density at radius 1 is 1.05 bits per heavy atom. The molecule has 118 valence electrons. The molecule has 1 unspecified atom stereocenters. The third-order valence-corrected chi connectivity index (χ3v) is 3.39. The van der Waals surface area contributed by atoms with Crippen molar-refractivity contribution in [3.8, 4) is 11.1 Å². The Morgan fingerprint density at radius 2 is 1.64 bits per heavy atom. The maximum Gasteiger partial charge on any atom is 0.322 e. The first-order valence-electron chi connectivity index (χ1n) is 7.27. The molecule has 0 amide bonds. The van der Waals surface area contributed by atoms with Crippen molar-refractivity contribution in [3.63, 3.8) is 0 Å². The Morgan fingerprint density at radius 3 is 2.23 bits per heavy atom. The van der Waals surface area contributed by atoms with Gasteiger partial charge < -0.3 is 10.5 Å². The van der Waals surface area contributed by atoms with Crippen LogP contribution in [-0.4, -0.2) is 18.6 Å². The largest absolute Gasteiger partial charge is 0.465 e. The van der Waals surface area contributed by atoms with Crippen LogP contribution in [0.5, 0.6) is 0 Å². The van der Waals surface area contributed by atoms with Crippen LogP contribution in [0.4, 0.5) is 0 Å². The third kappa shape index (κ3) is 5.17. The summed E-state index contributed by atoms with van der Waals surface area (Å²) in [6, 6.07) is 18.1. The first kappa shape index (κ1) is 18.2. The van der Waals surface area contributed by atoms with Gasteiger partial charge in [-0.05, 0) is 36.5 Å². The van der Waals surface area contributed by atoms with Crippen molar-refractivity contribution >= 4 is 18.4 Å². The van der Waals surface area contributed by atoms with Gasteiger partial charge in [-0.15, -0.1) is 12.4 Å². The number of rotatable bonds is 6. The van der Waals surface area contributed by atoms with Gasteiger partial charge in [0.05, 0.1) is 6.61 Å². The van der Waals surface area contributed by atoms with Gasteiger partial charge in [-0.3, -0.25) is 4.79 Å². The fourth-order valence-electron chi connectivity index (χ4n) is 2.18. The van der Waals surface area contributed by atoms with Crippen LogP contribution in [-0.2, 0) is 16.0 Å². The number of carbonyl (C=O) groups is 1. The van der Waals surface area contributed by atoms with E-state index in [2.05, 4.69) is 36.4 Å². The second kappa shape index (κ2) is 9.23. The molecule has 0 fully saturated rings. The lowest BCUT2D eigenvalue weighted by molar-refractivity contribution is -0.144. The zero-order valence-corrected chi connectivity index (χ0v) is 13.5. The predicted octanol–water partition coefficient (Wildman–Crippen LogP) is 3.60. The summed E-state index contributed by atoms with van der Waals surface area (Å²) in [6.07, 6.45) is 1.37. The molecule has 2 aromatic rings. The predicted molar refractivity (Wildman–Crippen MR) is 92.1 cm³/mol. The number of aryl methyl sites for hydroxylation is 1. The summed E-state index contributed by atoms with van der Waals surface area (Å²) in [5, 5.41) is 0. The smallest absolute Gasteiger partial charge is 0.322 e. The summed E-state index contributed by atoms with van der Waals surface area (Å²) in [4.78, 5) is 11.5. The number of ether oxygens (including phenoxy) is 1. The van der Waals surface area contributed by atoms with Gasteiger partial charge in [0, 0.05) is 0 Å². The molecule has 3 nitrogen and oxygen atoms in total. The standard InChI is InChI=1S/C18H21NO2.ClH/c1-2-21-18(20)17(19)13-10-14-8-11-16(12-9-14)15-6-4-3-5-7-15;/h3-9,11-12,17H,2,10,13,19H2,1H3;1H. The summed E-state index contributed by atoms with van der Waals surface area (Å²) >= 11 is 0. The monoisotopic (exact) mass is 319 g/mol. The quantitative estimate of drug-likeness (QED) is 0.828. The van der Waals surface area contributed by atoms with E-state index < -0.39 is 6.04 Å². The van der Waals surface area contributed by atoms with Crippen LogP contribution in [0.2, 0.25) is 0 Å². The molecule has 4 heteroatoms. The van der Waals surface area contributed by atoms with Crippen molar-refractivity contribution in [3.05, 3.63) is 60.2 Å². The van der Waals surface area contributed by atoms with Gasteiger partial charge in [0.2, 0.25) is 0 Å². The van der Waals surface area contributed by atoms with Crippen molar-refractivity contribution in [1.29, 1.82) is 0 Å².